The zero-order chi connectivity index (χ0) is 17.6. The molecular formula is C20H18ClN3O. The molecule has 0 atom stereocenters. The van der Waals surface area contributed by atoms with Gasteiger partial charge in [-0.05, 0) is 42.8 Å². The number of hydrogen-bond acceptors (Lipinski definition) is 3. The van der Waals surface area contributed by atoms with Gasteiger partial charge < -0.3 is 10.6 Å². The number of carbonyl (C=O) groups excluding carboxylic acids is 1. The summed E-state index contributed by atoms with van der Waals surface area (Å²) in [6, 6.07) is 19.0. The largest absolute Gasteiger partial charge is 0.340 e. The fraction of sp³-hybridized carbons (Fsp3) is 0.100. The van der Waals surface area contributed by atoms with Gasteiger partial charge in [-0.25, -0.2) is 4.98 Å². The van der Waals surface area contributed by atoms with Crippen molar-refractivity contribution >= 4 is 34.7 Å². The molecule has 2 aromatic carbocycles. The van der Waals surface area contributed by atoms with Crippen molar-refractivity contribution in [2.45, 2.75) is 13.3 Å². The minimum Gasteiger partial charge on any atom is -0.340 e. The van der Waals surface area contributed by atoms with E-state index in [4.69, 9.17) is 11.6 Å². The number of nitrogens with zero attached hydrogens (tertiary/aromatic N) is 1. The van der Waals surface area contributed by atoms with Crippen LogP contribution in [0.25, 0.3) is 0 Å². The van der Waals surface area contributed by atoms with Crippen LogP contribution in [0.3, 0.4) is 0 Å². The summed E-state index contributed by atoms with van der Waals surface area (Å²) in [4.78, 5) is 16.4. The molecule has 0 saturated carbocycles. The first-order valence-corrected chi connectivity index (χ1v) is 8.30. The first-order valence-electron chi connectivity index (χ1n) is 7.92. The van der Waals surface area contributed by atoms with Crippen molar-refractivity contribution in [2.24, 2.45) is 0 Å². The van der Waals surface area contributed by atoms with Crippen LogP contribution in [0, 0.1) is 6.92 Å². The van der Waals surface area contributed by atoms with E-state index >= 15 is 0 Å². The molecule has 3 aromatic rings. The van der Waals surface area contributed by atoms with Crippen molar-refractivity contribution in [3.05, 3.63) is 83.0 Å². The number of aryl methyl sites for hydroxylation is 1. The molecule has 0 aliphatic heterocycles. The fourth-order valence-electron chi connectivity index (χ4n) is 2.47. The number of amides is 1. The minimum atomic E-state index is -0.0667. The van der Waals surface area contributed by atoms with Gasteiger partial charge in [0.05, 0.1) is 18.3 Å². The summed E-state index contributed by atoms with van der Waals surface area (Å²) < 4.78 is 0. The van der Waals surface area contributed by atoms with E-state index in [1.54, 1.807) is 6.20 Å². The Morgan fingerprint density at radius 2 is 1.88 bits per heavy atom. The van der Waals surface area contributed by atoms with E-state index in [1.165, 1.54) is 0 Å². The van der Waals surface area contributed by atoms with E-state index in [-0.39, 0.29) is 5.91 Å². The third-order valence-corrected chi connectivity index (χ3v) is 3.83. The van der Waals surface area contributed by atoms with Crippen LogP contribution in [0.5, 0.6) is 0 Å². The van der Waals surface area contributed by atoms with Crippen molar-refractivity contribution in [3.63, 3.8) is 0 Å². The lowest BCUT2D eigenvalue weighted by molar-refractivity contribution is -0.115. The quantitative estimate of drug-likeness (QED) is 0.682. The summed E-state index contributed by atoms with van der Waals surface area (Å²) in [6.45, 7) is 2.01. The molecule has 1 amide bonds. The molecule has 0 bridgehead atoms. The van der Waals surface area contributed by atoms with Crippen LogP contribution in [-0.4, -0.2) is 10.9 Å². The van der Waals surface area contributed by atoms with Crippen molar-refractivity contribution < 1.29 is 4.79 Å². The molecule has 126 valence electrons. The number of hydrogen-bond donors (Lipinski definition) is 2. The second-order valence-corrected chi connectivity index (χ2v) is 6.22. The van der Waals surface area contributed by atoms with Gasteiger partial charge in [0.1, 0.15) is 5.82 Å². The van der Waals surface area contributed by atoms with Crippen molar-refractivity contribution in [2.75, 3.05) is 10.6 Å². The van der Waals surface area contributed by atoms with Crippen molar-refractivity contribution in [1.29, 1.82) is 0 Å². The lowest BCUT2D eigenvalue weighted by Gasteiger charge is -2.08. The SMILES string of the molecule is Cc1cccc(CC(=O)Nc2ccc(Nc3cccc(Cl)c3)nc2)c1. The highest BCUT2D eigenvalue weighted by Gasteiger charge is 2.05. The highest BCUT2D eigenvalue weighted by molar-refractivity contribution is 6.30. The number of anilines is 3. The summed E-state index contributed by atoms with van der Waals surface area (Å²) in [6.07, 6.45) is 1.96. The summed E-state index contributed by atoms with van der Waals surface area (Å²) in [5.74, 6) is 0.613. The number of pyridine rings is 1. The maximum Gasteiger partial charge on any atom is 0.228 e. The van der Waals surface area contributed by atoms with Crippen LogP contribution in [0.4, 0.5) is 17.2 Å². The fourth-order valence-corrected chi connectivity index (χ4v) is 2.66. The smallest absolute Gasteiger partial charge is 0.228 e. The molecule has 1 heterocycles. The summed E-state index contributed by atoms with van der Waals surface area (Å²) in [5, 5.41) is 6.68. The highest BCUT2D eigenvalue weighted by Crippen LogP contribution is 2.19. The zero-order valence-corrected chi connectivity index (χ0v) is 14.5. The lowest BCUT2D eigenvalue weighted by Crippen LogP contribution is -2.14. The Morgan fingerprint density at radius 1 is 1.04 bits per heavy atom. The lowest BCUT2D eigenvalue weighted by atomic mass is 10.1. The molecule has 0 unspecified atom stereocenters. The normalized spacial score (nSPS) is 10.3. The van der Waals surface area contributed by atoms with E-state index in [2.05, 4.69) is 15.6 Å². The van der Waals surface area contributed by atoms with Gasteiger partial charge in [0.25, 0.3) is 0 Å². The molecule has 3 rings (SSSR count). The molecule has 0 fully saturated rings. The van der Waals surface area contributed by atoms with Gasteiger partial charge >= 0.3 is 0 Å². The summed E-state index contributed by atoms with van der Waals surface area (Å²) in [7, 11) is 0. The van der Waals surface area contributed by atoms with Gasteiger partial charge in [-0.2, -0.15) is 0 Å². The maximum atomic E-state index is 12.1. The zero-order valence-electron chi connectivity index (χ0n) is 13.8. The van der Waals surface area contributed by atoms with E-state index in [0.29, 0.717) is 22.9 Å². The Kier molecular flexibility index (Phi) is 5.31. The Morgan fingerprint density at radius 3 is 2.60 bits per heavy atom. The molecule has 0 aliphatic carbocycles. The first kappa shape index (κ1) is 17.0. The van der Waals surface area contributed by atoms with E-state index in [1.807, 2.05) is 67.6 Å². The standard InChI is InChI=1S/C20H18ClN3O/c1-14-4-2-5-15(10-14)11-20(25)24-18-8-9-19(22-13-18)23-17-7-3-6-16(21)12-17/h2-10,12-13H,11H2,1H3,(H,22,23)(H,24,25). The number of halogens is 1. The third kappa shape index (κ3) is 5.06. The van der Waals surface area contributed by atoms with Crippen LogP contribution >= 0.6 is 11.6 Å². The number of benzene rings is 2. The Bertz CT molecular complexity index is 878. The summed E-state index contributed by atoms with van der Waals surface area (Å²) >= 11 is 5.96. The van der Waals surface area contributed by atoms with Gasteiger partial charge in [-0.1, -0.05) is 47.5 Å². The van der Waals surface area contributed by atoms with Crippen LogP contribution in [0.15, 0.2) is 66.9 Å². The second kappa shape index (κ2) is 7.81. The van der Waals surface area contributed by atoms with Crippen molar-refractivity contribution in [1.82, 2.24) is 4.98 Å². The number of rotatable bonds is 5. The van der Waals surface area contributed by atoms with Gasteiger partial charge in [0.15, 0.2) is 0 Å². The van der Waals surface area contributed by atoms with Gasteiger partial charge in [-0.3, -0.25) is 4.79 Å². The van der Waals surface area contributed by atoms with E-state index in [9.17, 15) is 4.79 Å². The molecular weight excluding hydrogens is 334 g/mol. The summed E-state index contributed by atoms with van der Waals surface area (Å²) in [5.41, 5.74) is 3.65. The number of carbonyl (C=O) groups is 1. The predicted molar refractivity (Wildman–Crippen MR) is 102 cm³/mol. The monoisotopic (exact) mass is 351 g/mol. The van der Waals surface area contributed by atoms with Crippen LogP contribution in [0.1, 0.15) is 11.1 Å². The van der Waals surface area contributed by atoms with Gasteiger partial charge in [-0.15, -0.1) is 0 Å². The maximum absolute atomic E-state index is 12.1. The molecule has 25 heavy (non-hydrogen) atoms. The van der Waals surface area contributed by atoms with E-state index < -0.39 is 0 Å². The molecule has 4 nitrogen and oxygen atoms in total. The average Bonchev–Trinajstić information content (AvgIpc) is 2.57. The van der Waals surface area contributed by atoms with Crippen molar-refractivity contribution in [3.8, 4) is 0 Å². The Balaban J connectivity index is 1.59. The minimum absolute atomic E-state index is 0.0667. The third-order valence-electron chi connectivity index (χ3n) is 3.59. The molecule has 2 N–H and O–H groups in total. The molecule has 0 spiro atoms. The first-order chi connectivity index (χ1) is 12.1. The average molecular weight is 352 g/mol. The van der Waals surface area contributed by atoms with Crippen LogP contribution in [0.2, 0.25) is 5.02 Å². The molecule has 5 heteroatoms. The molecule has 0 saturated heterocycles. The van der Waals surface area contributed by atoms with Crippen LogP contribution in [-0.2, 0) is 11.2 Å². The topological polar surface area (TPSA) is 54.0 Å². The molecule has 1 aromatic heterocycles. The number of nitrogens with one attached hydrogen (secondary N) is 2. The Labute approximate surface area is 151 Å². The molecule has 0 radical (unpaired) electrons. The highest BCUT2D eigenvalue weighted by atomic mass is 35.5. The number of aromatic nitrogens is 1. The van der Waals surface area contributed by atoms with E-state index in [0.717, 1.165) is 16.8 Å². The molecule has 0 aliphatic rings. The van der Waals surface area contributed by atoms with Gasteiger partial charge in [0, 0.05) is 10.7 Å². The Hall–Kier alpha value is -2.85. The van der Waals surface area contributed by atoms with Crippen LogP contribution < -0.4 is 10.6 Å². The predicted octanol–water partition coefficient (Wildman–Crippen LogP) is 4.97. The second-order valence-electron chi connectivity index (χ2n) is 5.78. The van der Waals surface area contributed by atoms with Gasteiger partial charge in [0.2, 0.25) is 5.91 Å².